The quantitative estimate of drug-likeness (QED) is 0.915. The normalized spacial score (nSPS) is 20.0. The predicted molar refractivity (Wildman–Crippen MR) is 81.2 cm³/mol. The van der Waals surface area contributed by atoms with Crippen LogP contribution in [0.15, 0.2) is 18.2 Å². The zero-order chi connectivity index (χ0) is 15.0. The Hall–Kier alpha value is -1.50. The molecule has 21 heavy (non-hydrogen) atoms. The van der Waals surface area contributed by atoms with Crippen LogP contribution in [0.3, 0.4) is 0 Å². The first-order valence-corrected chi connectivity index (χ1v) is 7.79. The van der Waals surface area contributed by atoms with Crippen LogP contribution in [0.4, 0.5) is 4.39 Å². The zero-order valence-corrected chi connectivity index (χ0v) is 12.3. The molecule has 0 amide bonds. The molecule has 0 radical (unpaired) electrons. The summed E-state index contributed by atoms with van der Waals surface area (Å²) in [5, 5.41) is 9.83. The van der Waals surface area contributed by atoms with Gasteiger partial charge in [-0.3, -0.25) is 4.90 Å². The first-order chi connectivity index (χ1) is 10.1. The van der Waals surface area contributed by atoms with Gasteiger partial charge in [-0.1, -0.05) is 6.07 Å². The molecule has 0 bridgehead atoms. The maximum Gasteiger partial charge on any atom is 0.346 e. The molecule has 112 valence electrons. The number of nitrogens with zero attached hydrogens (tertiary/aromatic N) is 1. The molecule has 0 spiro atoms. The molecular formula is C15H17FN2O2S. The largest absolute Gasteiger partial charge is 0.477 e. The van der Waals surface area contributed by atoms with Crippen LogP contribution in [0, 0.1) is 5.82 Å². The first-order valence-electron chi connectivity index (χ1n) is 6.97. The number of carboxylic acids is 1. The molecule has 3 N–H and O–H groups in total. The lowest BCUT2D eigenvalue weighted by atomic mass is 10.0. The second-order valence-corrected chi connectivity index (χ2v) is 6.52. The van der Waals surface area contributed by atoms with E-state index in [2.05, 4.69) is 4.90 Å². The van der Waals surface area contributed by atoms with Crippen LogP contribution in [0.5, 0.6) is 0 Å². The van der Waals surface area contributed by atoms with E-state index in [0.717, 1.165) is 37.3 Å². The number of thiophene rings is 1. The molecule has 2 aromatic rings. The van der Waals surface area contributed by atoms with Gasteiger partial charge in [0.05, 0.1) is 0 Å². The summed E-state index contributed by atoms with van der Waals surface area (Å²) in [6.45, 7) is 2.04. The SMILES string of the molecule is NC1CCCN(Cc2c(C(=O)O)sc3cccc(F)c23)C1. The summed E-state index contributed by atoms with van der Waals surface area (Å²) in [7, 11) is 0. The lowest BCUT2D eigenvalue weighted by molar-refractivity contribution is 0.0699. The molecule has 1 fully saturated rings. The van der Waals surface area contributed by atoms with Gasteiger partial charge < -0.3 is 10.8 Å². The van der Waals surface area contributed by atoms with Crippen molar-refractivity contribution in [2.75, 3.05) is 13.1 Å². The third-order valence-corrected chi connectivity index (χ3v) is 5.07. The van der Waals surface area contributed by atoms with Gasteiger partial charge in [0.2, 0.25) is 0 Å². The number of carbonyl (C=O) groups is 1. The Morgan fingerprint density at radius 3 is 3.05 bits per heavy atom. The highest BCUT2D eigenvalue weighted by atomic mass is 32.1. The summed E-state index contributed by atoms with van der Waals surface area (Å²) < 4.78 is 14.8. The van der Waals surface area contributed by atoms with Crippen molar-refractivity contribution in [3.8, 4) is 0 Å². The number of fused-ring (bicyclic) bond motifs is 1. The maximum absolute atomic E-state index is 14.1. The van der Waals surface area contributed by atoms with E-state index in [9.17, 15) is 14.3 Å². The summed E-state index contributed by atoms with van der Waals surface area (Å²) in [6, 6.07) is 4.87. The number of hydrogen-bond acceptors (Lipinski definition) is 4. The van der Waals surface area contributed by atoms with E-state index in [-0.39, 0.29) is 16.7 Å². The Bertz CT molecular complexity index is 686. The molecule has 1 atom stereocenters. The molecule has 0 aliphatic carbocycles. The number of likely N-dealkylation sites (tertiary alicyclic amines) is 1. The Labute approximate surface area is 126 Å². The standard InChI is InChI=1S/C15H17FN2O2S/c16-11-4-1-5-12-13(11)10(14(21-12)15(19)20)8-18-6-2-3-9(17)7-18/h1,4-5,9H,2-3,6-8,17H2,(H,19,20). The van der Waals surface area contributed by atoms with Crippen LogP contribution in [-0.4, -0.2) is 35.1 Å². The van der Waals surface area contributed by atoms with Gasteiger partial charge in [0.1, 0.15) is 10.7 Å². The molecule has 0 saturated carbocycles. The number of carboxylic acid groups (broad SMARTS) is 1. The highest BCUT2D eigenvalue weighted by Gasteiger charge is 2.24. The summed E-state index contributed by atoms with van der Waals surface area (Å²) in [6.07, 6.45) is 1.98. The summed E-state index contributed by atoms with van der Waals surface area (Å²) >= 11 is 1.14. The molecule has 1 saturated heterocycles. The fraction of sp³-hybridized carbons (Fsp3) is 0.400. The first kappa shape index (κ1) is 14.4. The smallest absolute Gasteiger partial charge is 0.346 e. The minimum Gasteiger partial charge on any atom is -0.477 e. The fourth-order valence-corrected chi connectivity index (χ4v) is 4.02. The molecule has 1 unspecified atom stereocenters. The zero-order valence-electron chi connectivity index (χ0n) is 11.5. The third-order valence-electron chi connectivity index (χ3n) is 3.88. The van der Waals surface area contributed by atoms with Gasteiger partial charge in [-0.25, -0.2) is 9.18 Å². The number of hydrogen-bond donors (Lipinski definition) is 2. The Kier molecular flexibility index (Phi) is 3.93. The molecular weight excluding hydrogens is 291 g/mol. The van der Waals surface area contributed by atoms with Gasteiger partial charge in [-0.15, -0.1) is 11.3 Å². The summed E-state index contributed by atoms with van der Waals surface area (Å²) in [5.41, 5.74) is 6.54. The molecule has 6 heteroatoms. The van der Waals surface area contributed by atoms with Crippen molar-refractivity contribution in [2.24, 2.45) is 5.73 Å². The second kappa shape index (κ2) is 5.71. The van der Waals surface area contributed by atoms with E-state index in [0.29, 0.717) is 22.2 Å². The lowest BCUT2D eigenvalue weighted by Crippen LogP contribution is -2.42. The number of rotatable bonds is 3. The van der Waals surface area contributed by atoms with Crippen molar-refractivity contribution in [1.29, 1.82) is 0 Å². The van der Waals surface area contributed by atoms with Gasteiger partial charge in [0.25, 0.3) is 0 Å². The average Bonchev–Trinajstić information content (AvgIpc) is 2.79. The van der Waals surface area contributed by atoms with Gasteiger partial charge in [0, 0.05) is 34.8 Å². The van der Waals surface area contributed by atoms with Crippen LogP contribution >= 0.6 is 11.3 Å². The minimum absolute atomic E-state index is 0.113. The van der Waals surface area contributed by atoms with Gasteiger partial charge in [-0.05, 0) is 31.5 Å². The van der Waals surface area contributed by atoms with Gasteiger partial charge in [0.15, 0.2) is 0 Å². The molecule has 1 aliphatic rings. The number of nitrogens with two attached hydrogens (primary N) is 1. The van der Waals surface area contributed by atoms with Crippen LogP contribution in [0.1, 0.15) is 28.1 Å². The van der Waals surface area contributed by atoms with Crippen molar-refractivity contribution in [1.82, 2.24) is 4.90 Å². The van der Waals surface area contributed by atoms with Crippen molar-refractivity contribution in [3.05, 3.63) is 34.5 Å². The minimum atomic E-state index is -0.994. The van der Waals surface area contributed by atoms with Crippen molar-refractivity contribution in [2.45, 2.75) is 25.4 Å². The van der Waals surface area contributed by atoms with E-state index in [1.165, 1.54) is 6.07 Å². The van der Waals surface area contributed by atoms with Crippen LogP contribution in [-0.2, 0) is 6.54 Å². The number of benzene rings is 1. The Morgan fingerprint density at radius 2 is 2.33 bits per heavy atom. The second-order valence-electron chi connectivity index (χ2n) is 5.47. The molecule has 1 aliphatic heterocycles. The molecule has 1 aromatic carbocycles. The van der Waals surface area contributed by atoms with Crippen molar-refractivity contribution < 1.29 is 14.3 Å². The highest BCUT2D eigenvalue weighted by Crippen LogP contribution is 2.34. The lowest BCUT2D eigenvalue weighted by Gasteiger charge is -2.30. The molecule has 2 heterocycles. The number of piperidine rings is 1. The third kappa shape index (κ3) is 2.79. The van der Waals surface area contributed by atoms with E-state index in [1.54, 1.807) is 12.1 Å². The van der Waals surface area contributed by atoms with E-state index in [1.807, 2.05) is 0 Å². The van der Waals surface area contributed by atoms with E-state index in [4.69, 9.17) is 5.73 Å². The summed E-state index contributed by atoms with van der Waals surface area (Å²) in [4.78, 5) is 13.8. The van der Waals surface area contributed by atoms with Crippen LogP contribution in [0.2, 0.25) is 0 Å². The average molecular weight is 308 g/mol. The number of halogens is 1. The van der Waals surface area contributed by atoms with Crippen LogP contribution < -0.4 is 5.73 Å². The highest BCUT2D eigenvalue weighted by molar-refractivity contribution is 7.21. The Morgan fingerprint density at radius 1 is 1.52 bits per heavy atom. The molecule has 4 nitrogen and oxygen atoms in total. The Balaban J connectivity index is 2.02. The van der Waals surface area contributed by atoms with Gasteiger partial charge in [-0.2, -0.15) is 0 Å². The topological polar surface area (TPSA) is 66.6 Å². The van der Waals surface area contributed by atoms with E-state index >= 15 is 0 Å². The maximum atomic E-state index is 14.1. The monoisotopic (exact) mass is 308 g/mol. The van der Waals surface area contributed by atoms with Crippen molar-refractivity contribution in [3.63, 3.8) is 0 Å². The van der Waals surface area contributed by atoms with E-state index < -0.39 is 5.97 Å². The summed E-state index contributed by atoms with van der Waals surface area (Å²) in [5.74, 6) is -1.35. The fourth-order valence-electron chi connectivity index (χ4n) is 2.95. The molecule has 1 aromatic heterocycles. The van der Waals surface area contributed by atoms with Crippen LogP contribution in [0.25, 0.3) is 10.1 Å². The number of aromatic carboxylic acids is 1. The predicted octanol–water partition coefficient (Wildman–Crippen LogP) is 2.66. The van der Waals surface area contributed by atoms with Crippen molar-refractivity contribution >= 4 is 27.4 Å². The van der Waals surface area contributed by atoms with Gasteiger partial charge >= 0.3 is 5.97 Å². The molecule has 3 rings (SSSR count).